The van der Waals surface area contributed by atoms with Gasteiger partial charge in [-0.25, -0.2) is 0 Å². The van der Waals surface area contributed by atoms with Crippen molar-refractivity contribution in [2.45, 2.75) is 20.3 Å². The van der Waals surface area contributed by atoms with Gasteiger partial charge in [-0.1, -0.05) is 5.16 Å². The second-order valence-corrected chi connectivity index (χ2v) is 3.85. The van der Waals surface area contributed by atoms with Crippen LogP contribution in [0.2, 0.25) is 0 Å². The molecule has 2 heterocycles. The average Bonchev–Trinajstić information content (AvgIpc) is 2.84. The number of aryl methyl sites for hydroxylation is 1. The summed E-state index contributed by atoms with van der Waals surface area (Å²) >= 11 is 0. The summed E-state index contributed by atoms with van der Waals surface area (Å²) in [5.41, 5.74) is 0. The number of rotatable bonds is 7. The molecule has 0 bridgehead atoms. The Hall–Kier alpha value is -2.45. The molecule has 0 aliphatic rings. The molecule has 0 saturated carbocycles. The van der Waals surface area contributed by atoms with E-state index >= 15 is 0 Å². The monoisotopic (exact) mass is 279 g/mol. The normalized spacial score (nSPS) is 10.3. The summed E-state index contributed by atoms with van der Waals surface area (Å²) in [5.74, 6) is 2.08. The molecule has 0 amide bonds. The Morgan fingerprint density at radius 2 is 1.95 bits per heavy atom. The van der Waals surface area contributed by atoms with E-state index in [0.717, 1.165) is 0 Å². The van der Waals surface area contributed by atoms with Crippen LogP contribution in [0.1, 0.15) is 18.6 Å². The Bertz CT molecular complexity index is 557. The van der Waals surface area contributed by atoms with Gasteiger partial charge in [-0.05, 0) is 6.92 Å². The van der Waals surface area contributed by atoms with Crippen molar-refractivity contribution in [1.82, 2.24) is 25.1 Å². The van der Waals surface area contributed by atoms with E-state index in [2.05, 4.69) is 35.7 Å². The molecule has 0 radical (unpaired) electrons. The Kier molecular flexibility index (Phi) is 4.64. The van der Waals surface area contributed by atoms with Crippen molar-refractivity contribution in [3.8, 4) is 6.01 Å². The highest BCUT2D eigenvalue weighted by molar-refractivity contribution is 5.35. The number of hydrogen-bond acceptors (Lipinski definition) is 9. The van der Waals surface area contributed by atoms with Gasteiger partial charge in [0.05, 0.1) is 6.61 Å². The van der Waals surface area contributed by atoms with Gasteiger partial charge in [-0.15, -0.1) is 0 Å². The van der Waals surface area contributed by atoms with Gasteiger partial charge in [0.25, 0.3) is 0 Å². The third kappa shape index (κ3) is 3.77. The fraction of sp³-hybridized carbons (Fsp3) is 0.545. The SMILES string of the molecule is CCOc1nc(NC)nc(NCCc2noc(C)n2)n1. The van der Waals surface area contributed by atoms with E-state index in [1.54, 1.807) is 14.0 Å². The zero-order chi connectivity index (χ0) is 14.4. The van der Waals surface area contributed by atoms with Crippen molar-refractivity contribution in [1.29, 1.82) is 0 Å². The number of nitrogens with zero attached hydrogens (tertiary/aromatic N) is 5. The lowest BCUT2D eigenvalue weighted by molar-refractivity contribution is 0.312. The average molecular weight is 279 g/mol. The van der Waals surface area contributed by atoms with E-state index in [1.165, 1.54) is 0 Å². The second-order valence-electron chi connectivity index (χ2n) is 3.85. The molecule has 2 rings (SSSR count). The number of hydrogen-bond donors (Lipinski definition) is 2. The first-order valence-electron chi connectivity index (χ1n) is 6.31. The van der Waals surface area contributed by atoms with Crippen LogP contribution in [0.5, 0.6) is 6.01 Å². The minimum atomic E-state index is 0.282. The molecular formula is C11H17N7O2. The number of nitrogens with one attached hydrogen (secondary N) is 2. The Morgan fingerprint density at radius 1 is 1.15 bits per heavy atom. The molecule has 0 fully saturated rings. The Labute approximate surface area is 116 Å². The van der Waals surface area contributed by atoms with E-state index in [1.807, 2.05) is 6.92 Å². The highest BCUT2D eigenvalue weighted by Crippen LogP contribution is 2.10. The van der Waals surface area contributed by atoms with E-state index < -0.39 is 0 Å². The lowest BCUT2D eigenvalue weighted by Crippen LogP contribution is -2.12. The van der Waals surface area contributed by atoms with Gasteiger partial charge in [0, 0.05) is 26.9 Å². The largest absolute Gasteiger partial charge is 0.464 e. The van der Waals surface area contributed by atoms with Crippen molar-refractivity contribution >= 4 is 11.9 Å². The van der Waals surface area contributed by atoms with Gasteiger partial charge in [0.15, 0.2) is 5.82 Å². The maximum atomic E-state index is 5.28. The van der Waals surface area contributed by atoms with Gasteiger partial charge in [0.1, 0.15) is 0 Å². The van der Waals surface area contributed by atoms with E-state index in [9.17, 15) is 0 Å². The van der Waals surface area contributed by atoms with Crippen LogP contribution >= 0.6 is 0 Å². The van der Waals surface area contributed by atoms with Gasteiger partial charge in [-0.3, -0.25) is 0 Å². The number of ether oxygens (including phenoxy) is 1. The lowest BCUT2D eigenvalue weighted by Gasteiger charge is -2.07. The molecule has 0 spiro atoms. The fourth-order valence-electron chi connectivity index (χ4n) is 1.47. The molecule has 108 valence electrons. The predicted octanol–water partition coefficient (Wildman–Crippen LogP) is 0.658. The lowest BCUT2D eigenvalue weighted by atomic mass is 10.4. The molecule has 0 saturated heterocycles. The van der Waals surface area contributed by atoms with Crippen LogP contribution in [-0.2, 0) is 6.42 Å². The van der Waals surface area contributed by atoms with Gasteiger partial charge in [-0.2, -0.15) is 19.9 Å². The topological polar surface area (TPSA) is 111 Å². The summed E-state index contributed by atoms with van der Waals surface area (Å²) in [6, 6.07) is 0.282. The van der Waals surface area contributed by atoms with Gasteiger partial charge >= 0.3 is 6.01 Å². The summed E-state index contributed by atoms with van der Waals surface area (Å²) in [6.07, 6.45) is 0.613. The molecular weight excluding hydrogens is 262 g/mol. The summed E-state index contributed by atoms with van der Waals surface area (Å²) in [7, 11) is 1.73. The minimum absolute atomic E-state index is 0.282. The Balaban J connectivity index is 1.95. The molecule has 0 atom stereocenters. The minimum Gasteiger partial charge on any atom is -0.464 e. The van der Waals surface area contributed by atoms with Gasteiger partial charge < -0.3 is 19.9 Å². The van der Waals surface area contributed by atoms with Crippen LogP contribution in [0.4, 0.5) is 11.9 Å². The van der Waals surface area contributed by atoms with Crippen LogP contribution in [0.3, 0.4) is 0 Å². The molecule has 0 aliphatic carbocycles. The van der Waals surface area contributed by atoms with Crippen LogP contribution in [0.15, 0.2) is 4.52 Å². The summed E-state index contributed by atoms with van der Waals surface area (Å²) in [6.45, 7) is 4.70. The third-order valence-electron chi connectivity index (χ3n) is 2.31. The molecule has 0 aromatic carbocycles. The molecule has 9 heteroatoms. The zero-order valence-corrected chi connectivity index (χ0v) is 11.7. The van der Waals surface area contributed by atoms with E-state index in [4.69, 9.17) is 9.26 Å². The first-order chi connectivity index (χ1) is 9.71. The van der Waals surface area contributed by atoms with Crippen LogP contribution in [0, 0.1) is 6.92 Å². The standard InChI is InChI=1S/C11H17N7O2/c1-4-19-11-16-9(12-3)15-10(17-11)13-6-5-8-14-7(2)20-18-8/h4-6H2,1-3H3,(H2,12,13,15,16,17). The number of aromatic nitrogens is 5. The maximum absolute atomic E-state index is 5.28. The van der Waals surface area contributed by atoms with Crippen LogP contribution in [-0.4, -0.2) is 45.3 Å². The second kappa shape index (κ2) is 6.64. The van der Waals surface area contributed by atoms with Crippen LogP contribution < -0.4 is 15.4 Å². The summed E-state index contributed by atoms with van der Waals surface area (Å²) in [5, 5.41) is 9.74. The fourth-order valence-corrected chi connectivity index (χ4v) is 1.47. The van der Waals surface area contributed by atoms with Gasteiger partial charge in [0.2, 0.25) is 17.8 Å². The first-order valence-corrected chi connectivity index (χ1v) is 6.31. The molecule has 2 aromatic rings. The molecule has 0 unspecified atom stereocenters. The van der Waals surface area contributed by atoms with Crippen LogP contribution in [0.25, 0.3) is 0 Å². The quantitative estimate of drug-likeness (QED) is 0.754. The highest BCUT2D eigenvalue weighted by Gasteiger charge is 2.07. The first kappa shape index (κ1) is 14.0. The molecule has 2 aromatic heterocycles. The molecule has 0 aliphatic heterocycles. The third-order valence-corrected chi connectivity index (χ3v) is 2.31. The summed E-state index contributed by atoms with van der Waals surface area (Å²) in [4.78, 5) is 16.5. The number of anilines is 2. The molecule has 20 heavy (non-hydrogen) atoms. The van der Waals surface area contributed by atoms with Crippen molar-refractivity contribution in [2.24, 2.45) is 0 Å². The van der Waals surface area contributed by atoms with Crippen molar-refractivity contribution in [3.05, 3.63) is 11.7 Å². The molecule has 2 N–H and O–H groups in total. The summed E-state index contributed by atoms with van der Waals surface area (Å²) < 4.78 is 10.2. The highest BCUT2D eigenvalue weighted by atomic mass is 16.5. The van der Waals surface area contributed by atoms with Crippen molar-refractivity contribution in [2.75, 3.05) is 30.8 Å². The van der Waals surface area contributed by atoms with Crippen molar-refractivity contribution in [3.63, 3.8) is 0 Å². The molecule has 9 nitrogen and oxygen atoms in total. The zero-order valence-electron chi connectivity index (χ0n) is 11.7. The van der Waals surface area contributed by atoms with Crippen molar-refractivity contribution < 1.29 is 9.26 Å². The van der Waals surface area contributed by atoms with E-state index in [0.29, 0.717) is 43.2 Å². The maximum Gasteiger partial charge on any atom is 0.323 e. The smallest absolute Gasteiger partial charge is 0.323 e. The Morgan fingerprint density at radius 3 is 2.60 bits per heavy atom. The predicted molar refractivity (Wildman–Crippen MR) is 71.8 cm³/mol. The van der Waals surface area contributed by atoms with E-state index in [-0.39, 0.29) is 6.01 Å².